The second-order valence-electron chi connectivity index (χ2n) is 5.72. The maximum Gasteiger partial charge on any atom is 0.00192 e. The van der Waals surface area contributed by atoms with Crippen molar-refractivity contribution in [1.29, 1.82) is 0 Å². The van der Waals surface area contributed by atoms with Crippen LogP contribution in [0.1, 0.15) is 31.2 Å². The molecule has 0 aromatic heterocycles. The van der Waals surface area contributed by atoms with Crippen LogP contribution in [-0.2, 0) is 0 Å². The molecule has 2 heteroatoms. The zero-order valence-corrected chi connectivity index (χ0v) is 11.7. The molecule has 1 aliphatic heterocycles. The van der Waals surface area contributed by atoms with Crippen molar-refractivity contribution in [3.05, 3.63) is 35.9 Å². The maximum atomic E-state index is 3.62. The Hall–Kier alpha value is -0.860. The molecule has 1 saturated heterocycles. The SMILES string of the molecule is CC(CCNCC1CCN(C)C1)c1ccccc1. The Bertz CT molecular complexity index is 336. The van der Waals surface area contributed by atoms with Gasteiger partial charge in [-0.1, -0.05) is 37.3 Å². The van der Waals surface area contributed by atoms with Gasteiger partial charge in [-0.3, -0.25) is 0 Å². The fourth-order valence-electron chi connectivity index (χ4n) is 2.77. The van der Waals surface area contributed by atoms with Gasteiger partial charge in [0.15, 0.2) is 0 Å². The van der Waals surface area contributed by atoms with Gasteiger partial charge in [-0.15, -0.1) is 0 Å². The first-order chi connectivity index (χ1) is 8.75. The Morgan fingerprint density at radius 1 is 1.33 bits per heavy atom. The van der Waals surface area contributed by atoms with E-state index in [1.807, 2.05) is 0 Å². The Labute approximate surface area is 111 Å². The Balaban J connectivity index is 1.61. The summed E-state index contributed by atoms with van der Waals surface area (Å²) >= 11 is 0. The summed E-state index contributed by atoms with van der Waals surface area (Å²) in [4.78, 5) is 2.43. The first kappa shape index (κ1) is 13.6. The molecule has 0 amide bonds. The number of rotatable bonds is 6. The third kappa shape index (κ3) is 4.11. The van der Waals surface area contributed by atoms with Crippen LogP contribution < -0.4 is 5.32 Å². The molecule has 18 heavy (non-hydrogen) atoms. The van der Waals surface area contributed by atoms with Crippen LogP contribution in [0.5, 0.6) is 0 Å². The van der Waals surface area contributed by atoms with Crippen molar-refractivity contribution in [3.8, 4) is 0 Å². The molecule has 2 nitrogen and oxygen atoms in total. The van der Waals surface area contributed by atoms with E-state index >= 15 is 0 Å². The van der Waals surface area contributed by atoms with Crippen LogP contribution in [-0.4, -0.2) is 38.1 Å². The fraction of sp³-hybridized carbons (Fsp3) is 0.625. The van der Waals surface area contributed by atoms with E-state index in [4.69, 9.17) is 0 Å². The number of benzene rings is 1. The summed E-state index contributed by atoms with van der Waals surface area (Å²) in [5.41, 5.74) is 1.46. The second-order valence-corrected chi connectivity index (χ2v) is 5.72. The molecule has 1 aliphatic rings. The molecule has 0 bridgehead atoms. The summed E-state index contributed by atoms with van der Waals surface area (Å²) in [6.07, 6.45) is 2.59. The van der Waals surface area contributed by atoms with Gasteiger partial charge < -0.3 is 10.2 Å². The van der Waals surface area contributed by atoms with Crippen molar-refractivity contribution in [2.24, 2.45) is 5.92 Å². The molecule has 2 atom stereocenters. The lowest BCUT2D eigenvalue weighted by Crippen LogP contribution is -2.26. The Kier molecular flexibility index (Phi) is 5.21. The smallest absolute Gasteiger partial charge is 0.00192 e. The van der Waals surface area contributed by atoms with Crippen LogP contribution in [0.3, 0.4) is 0 Å². The van der Waals surface area contributed by atoms with Crippen molar-refractivity contribution in [3.63, 3.8) is 0 Å². The summed E-state index contributed by atoms with van der Waals surface area (Å²) in [5, 5.41) is 3.62. The van der Waals surface area contributed by atoms with Gasteiger partial charge in [0.1, 0.15) is 0 Å². The lowest BCUT2D eigenvalue weighted by molar-refractivity contribution is 0.387. The lowest BCUT2D eigenvalue weighted by Gasteiger charge is -2.14. The Morgan fingerprint density at radius 3 is 2.78 bits per heavy atom. The minimum absolute atomic E-state index is 0.657. The molecule has 0 saturated carbocycles. The predicted molar refractivity (Wildman–Crippen MR) is 77.9 cm³/mol. The van der Waals surface area contributed by atoms with Crippen LogP contribution in [0.15, 0.2) is 30.3 Å². The van der Waals surface area contributed by atoms with Gasteiger partial charge in [0.25, 0.3) is 0 Å². The second kappa shape index (κ2) is 6.91. The molecule has 0 spiro atoms. The molecule has 1 N–H and O–H groups in total. The van der Waals surface area contributed by atoms with Gasteiger partial charge in [-0.05, 0) is 56.9 Å². The molecule has 2 rings (SSSR count). The van der Waals surface area contributed by atoms with Gasteiger partial charge in [-0.2, -0.15) is 0 Å². The molecule has 100 valence electrons. The van der Waals surface area contributed by atoms with Crippen molar-refractivity contribution in [2.75, 3.05) is 33.2 Å². The van der Waals surface area contributed by atoms with Gasteiger partial charge in [0.05, 0.1) is 0 Å². The normalized spacial score (nSPS) is 22.2. The predicted octanol–water partition coefficient (Wildman–Crippen LogP) is 2.72. The number of nitrogens with one attached hydrogen (secondary N) is 1. The number of hydrogen-bond donors (Lipinski definition) is 1. The molecule has 1 heterocycles. The monoisotopic (exact) mass is 246 g/mol. The van der Waals surface area contributed by atoms with Gasteiger partial charge in [0.2, 0.25) is 0 Å². The average molecular weight is 246 g/mol. The van der Waals surface area contributed by atoms with E-state index in [1.165, 1.54) is 38.0 Å². The van der Waals surface area contributed by atoms with Gasteiger partial charge >= 0.3 is 0 Å². The number of likely N-dealkylation sites (tertiary alicyclic amines) is 1. The fourth-order valence-corrected chi connectivity index (χ4v) is 2.77. The van der Waals surface area contributed by atoms with Crippen LogP contribution in [0.25, 0.3) is 0 Å². The number of hydrogen-bond acceptors (Lipinski definition) is 2. The van der Waals surface area contributed by atoms with Crippen molar-refractivity contribution in [2.45, 2.75) is 25.7 Å². The van der Waals surface area contributed by atoms with E-state index in [2.05, 4.69) is 54.5 Å². The van der Waals surface area contributed by atoms with Crippen LogP contribution in [0.4, 0.5) is 0 Å². The van der Waals surface area contributed by atoms with E-state index in [-0.39, 0.29) is 0 Å². The van der Waals surface area contributed by atoms with Crippen LogP contribution in [0, 0.1) is 5.92 Å². The summed E-state index contributed by atoms with van der Waals surface area (Å²) in [6, 6.07) is 10.8. The summed E-state index contributed by atoms with van der Waals surface area (Å²) in [6.45, 7) is 7.18. The molecule has 2 unspecified atom stereocenters. The third-order valence-electron chi connectivity index (χ3n) is 4.04. The largest absolute Gasteiger partial charge is 0.316 e. The highest BCUT2D eigenvalue weighted by Gasteiger charge is 2.18. The average Bonchev–Trinajstić information content (AvgIpc) is 2.81. The van der Waals surface area contributed by atoms with Gasteiger partial charge in [0, 0.05) is 6.54 Å². The third-order valence-corrected chi connectivity index (χ3v) is 4.04. The minimum Gasteiger partial charge on any atom is -0.316 e. The van der Waals surface area contributed by atoms with Crippen LogP contribution >= 0.6 is 0 Å². The molecule has 1 aromatic carbocycles. The van der Waals surface area contributed by atoms with E-state index in [0.717, 1.165) is 12.5 Å². The van der Waals surface area contributed by atoms with Crippen molar-refractivity contribution < 1.29 is 0 Å². The van der Waals surface area contributed by atoms with E-state index in [9.17, 15) is 0 Å². The van der Waals surface area contributed by atoms with Crippen molar-refractivity contribution in [1.82, 2.24) is 10.2 Å². The summed E-state index contributed by atoms with van der Waals surface area (Å²) in [5.74, 6) is 1.52. The van der Waals surface area contributed by atoms with Gasteiger partial charge in [-0.25, -0.2) is 0 Å². The van der Waals surface area contributed by atoms with E-state index in [1.54, 1.807) is 0 Å². The minimum atomic E-state index is 0.657. The highest BCUT2D eigenvalue weighted by atomic mass is 15.1. The maximum absolute atomic E-state index is 3.62. The Morgan fingerprint density at radius 2 is 2.11 bits per heavy atom. The molecule has 1 aromatic rings. The molecule has 0 radical (unpaired) electrons. The zero-order chi connectivity index (χ0) is 12.8. The standard InChI is InChI=1S/C16H26N2/c1-14(16-6-4-3-5-7-16)8-10-17-12-15-9-11-18(2)13-15/h3-7,14-15,17H,8-13H2,1-2H3. The summed E-state index contributed by atoms with van der Waals surface area (Å²) in [7, 11) is 2.22. The van der Waals surface area contributed by atoms with E-state index < -0.39 is 0 Å². The first-order valence-corrected chi connectivity index (χ1v) is 7.20. The topological polar surface area (TPSA) is 15.3 Å². The quantitative estimate of drug-likeness (QED) is 0.776. The molecular formula is C16H26N2. The highest BCUT2D eigenvalue weighted by molar-refractivity contribution is 5.18. The molecule has 1 fully saturated rings. The molecule has 0 aliphatic carbocycles. The highest BCUT2D eigenvalue weighted by Crippen LogP contribution is 2.18. The van der Waals surface area contributed by atoms with E-state index in [0.29, 0.717) is 5.92 Å². The molecular weight excluding hydrogens is 220 g/mol. The zero-order valence-electron chi connectivity index (χ0n) is 11.7. The van der Waals surface area contributed by atoms with Crippen molar-refractivity contribution >= 4 is 0 Å². The van der Waals surface area contributed by atoms with Crippen LogP contribution in [0.2, 0.25) is 0 Å². The first-order valence-electron chi connectivity index (χ1n) is 7.20. The lowest BCUT2D eigenvalue weighted by atomic mass is 9.98. The number of nitrogens with zero attached hydrogens (tertiary/aromatic N) is 1. The summed E-state index contributed by atoms with van der Waals surface area (Å²) < 4.78 is 0.